The van der Waals surface area contributed by atoms with Crippen LogP contribution >= 0.6 is 0 Å². The van der Waals surface area contributed by atoms with Crippen LogP contribution in [0.5, 0.6) is 0 Å². The quantitative estimate of drug-likeness (QED) is 0.933. The van der Waals surface area contributed by atoms with Crippen molar-refractivity contribution in [2.75, 3.05) is 12.3 Å². The molecule has 0 saturated carbocycles. The number of halogens is 1. The van der Waals surface area contributed by atoms with Gasteiger partial charge in [-0.05, 0) is 35.4 Å². The number of hydrogen-bond donors (Lipinski definition) is 1. The summed E-state index contributed by atoms with van der Waals surface area (Å²) in [6.07, 6.45) is 0. The molecule has 19 heavy (non-hydrogen) atoms. The predicted molar refractivity (Wildman–Crippen MR) is 72.9 cm³/mol. The van der Waals surface area contributed by atoms with Gasteiger partial charge in [0, 0.05) is 6.54 Å². The van der Waals surface area contributed by atoms with Gasteiger partial charge in [-0.1, -0.05) is 24.3 Å². The predicted octanol–water partition coefficient (Wildman–Crippen LogP) is 2.23. The van der Waals surface area contributed by atoms with Gasteiger partial charge in [-0.3, -0.25) is 0 Å². The number of benzene rings is 2. The highest BCUT2D eigenvalue weighted by atomic mass is 32.2. The maximum absolute atomic E-state index is 12.8. The van der Waals surface area contributed by atoms with Gasteiger partial charge < -0.3 is 5.73 Å². The lowest BCUT2D eigenvalue weighted by Gasteiger charge is -2.05. The molecular weight excluding hydrogens is 265 g/mol. The van der Waals surface area contributed by atoms with E-state index in [0.717, 1.165) is 11.1 Å². The third-order valence-corrected chi connectivity index (χ3v) is 4.54. The molecule has 0 heterocycles. The molecule has 5 heteroatoms. The fraction of sp³-hybridized carbons (Fsp3) is 0.143. The molecule has 2 aromatic rings. The van der Waals surface area contributed by atoms with Crippen molar-refractivity contribution in [1.29, 1.82) is 0 Å². The maximum Gasteiger partial charge on any atom is 0.179 e. The zero-order chi connectivity index (χ0) is 13.9. The Balaban J connectivity index is 2.31. The number of rotatable bonds is 4. The van der Waals surface area contributed by atoms with Gasteiger partial charge in [0.25, 0.3) is 0 Å². The van der Waals surface area contributed by atoms with Gasteiger partial charge >= 0.3 is 0 Å². The number of hydrogen-bond acceptors (Lipinski definition) is 3. The summed E-state index contributed by atoms with van der Waals surface area (Å²) in [6, 6.07) is 12.5. The maximum atomic E-state index is 12.8. The minimum atomic E-state index is -3.30. The summed E-state index contributed by atoms with van der Waals surface area (Å²) in [7, 11) is -3.30. The molecule has 0 aliphatic carbocycles. The topological polar surface area (TPSA) is 60.2 Å². The fourth-order valence-corrected chi connectivity index (χ4v) is 2.87. The second-order valence-corrected chi connectivity index (χ2v) is 6.25. The first-order valence-electron chi connectivity index (χ1n) is 5.82. The first-order valence-corrected chi connectivity index (χ1v) is 7.47. The van der Waals surface area contributed by atoms with E-state index < -0.39 is 9.84 Å². The van der Waals surface area contributed by atoms with Crippen molar-refractivity contribution in [2.45, 2.75) is 4.90 Å². The highest BCUT2D eigenvalue weighted by molar-refractivity contribution is 7.91. The normalized spacial score (nSPS) is 11.5. The molecule has 0 unspecified atom stereocenters. The lowest BCUT2D eigenvalue weighted by Crippen LogP contribution is -2.15. The molecule has 0 saturated heterocycles. The average Bonchev–Trinajstić information content (AvgIpc) is 2.40. The lowest BCUT2D eigenvalue weighted by molar-refractivity contribution is 0.596. The van der Waals surface area contributed by atoms with Gasteiger partial charge in [0.1, 0.15) is 5.82 Å². The van der Waals surface area contributed by atoms with Crippen LogP contribution in [0, 0.1) is 5.82 Å². The van der Waals surface area contributed by atoms with Crippen LogP contribution in [0.25, 0.3) is 11.1 Å². The van der Waals surface area contributed by atoms with E-state index in [1.165, 1.54) is 12.1 Å². The summed E-state index contributed by atoms with van der Waals surface area (Å²) in [5.41, 5.74) is 6.95. The molecule has 0 aliphatic heterocycles. The Hall–Kier alpha value is -1.72. The van der Waals surface area contributed by atoms with Crippen molar-refractivity contribution in [2.24, 2.45) is 5.73 Å². The zero-order valence-corrected chi connectivity index (χ0v) is 11.0. The highest BCUT2D eigenvalue weighted by Gasteiger charge is 2.12. The highest BCUT2D eigenvalue weighted by Crippen LogP contribution is 2.22. The van der Waals surface area contributed by atoms with Crippen LogP contribution in [0.15, 0.2) is 53.4 Å². The van der Waals surface area contributed by atoms with Crippen molar-refractivity contribution in [1.82, 2.24) is 0 Å². The average molecular weight is 279 g/mol. The molecule has 0 atom stereocenters. The summed E-state index contributed by atoms with van der Waals surface area (Å²) in [6.45, 7) is 0.0993. The van der Waals surface area contributed by atoms with Crippen molar-refractivity contribution in [3.63, 3.8) is 0 Å². The van der Waals surface area contributed by atoms with Crippen LogP contribution in [0.2, 0.25) is 0 Å². The largest absolute Gasteiger partial charge is 0.329 e. The molecule has 3 nitrogen and oxygen atoms in total. The SMILES string of the molecule is NCCS(=O)(=O)c1ccc(-c2ccc(F)cc2)cc1. The van der Waals surface area contributed by atoms with E-state index in [2.05, 4.69) is 0 Å². The van der Waals surface area contributed by atoms with Crippen molar-refractivity contribution >= 4 is 9.84 Å². The van der Waals surface area contributed by atoms with Crippen molar-refractivity contribution in [3.05, 3.63) is 54.3 Å². The molecule has 0 radical (unpaired) electrons. The van der Waals surface area contributed by atoms with E-state index in [1.54, 1.807) is 36.4 Å². The molecule has 2 rings (SSSR count). The lowest BCUT2D eigenvalue weighted by atomic mass is 10.1. The van der Waals surface area contributed by atoms with Crippen LogP contribution in [0.4, 0.5) is 4.39 Å². The van der Waals surface area contributed by atoms with E-state index in [4.69, 9.17) is 5.73 Å². The first-order chi connectivity index (χ1) is 9.03. The molecule has 2 N–H and O–H groups in total. The van der Waals surface area contributed by atoms with Crippen molar-refractivity contribution in [3.8, 4) is 11.1 Å². The molecule has 0 fully saturated rings. The van der Waals surface area contributed by atoms with Gasteiger partial charge in [0.05, 0.1) is 10.6 Å². The van der Waals surface area contributed by atoms with Gasteiger partial charge in [0.2, 0.25) is 0 Å². The molecule has 2 aromatic carbocycles. The van der Waals surface area contributed by atoms with Gasteiger partial charge in [-0.15, -0.1) is 0 Å². The second-order valence-electron chi connectivity index (χ2n) is 4.14. The molecule has 0 aliphatic rings. The molecule has 0 aromatic heterocycles. The monoisotopic (exact) mass is 279 g/mol. The third kappa shape index (κ3) is 3.19. The fourth-order valence-electron chi connectivity index (χ4n) is 1.77. The van der Waals surface area contributed by atoms with E-state index >= 15 is 0 Å². The molecule has 100 valence electrons. The molecule has 0 amide bonds. The second kappa shape index (κ2) is 5.50. The van der Waals surface area contributed by atoms with Crippen LogP contribution < -0.4 is 5.73 Å². The molecule has 0 spiro atoms. The summed E-state index contributed by atoms with van der Waals surface area (Å²) >= 11 is 0. The minimum Gasteiger partial charge on any atom is -0.329 e. The molecular formula is C14H14FNO2S. The summed E-state index contributed by atoms with van der Waals surface area (Å²) in [4.78, 5) is 0.254. The Morgan fingerprint density at radius 2 is 1.37 bits per heavy atom. The Labute approximate surface area is 111 Å². The summed E-state index contributed by atoms with van der Waals surface area (Å²) in [5.74, 6) is -0.367. The van der Waals surface area contributed by atoms with Gasteiger partial charge in [0.15, 0.2) is 9.84 Å². The van der Waals surface area contributed by atoms with E-state index in [-0.39, 0.29) is 23.0 Å². The Morgan fingerprint density at radius 3 is 1.84 bits per heavy atom. The van der Waals surface area contributed by atoms with Crippen LogP contribution in [-0.2, 0) is 9.84 Å². The Kier molecular flexibility index (Phi) is 3.97. The van der Waals surface area contributed by atoms with Crippen LogP contribution in [0.3, 0.4) is 0 Å². The van der Waals surface area contributed by atoms with Crippen LogP contribution in [0.1, 0.15) is 0 Å². The third-order valence-electron chi connectivity index (χ3n) is 2.78. The minimum absolute atomic E-state index is 0.0666. The van der Waals surface area contributed by atoms with E-state index in [1.807, 2.05) is 0 Å². The summed E-state index contributed by atoms with van der Waals surface area (Å²) in [5, 5.41) is 0. The Bertz CT molecular complexity index is 649. The van der Waals surface area contributed by atoms with Crippen LogP contribution in [-0.4, -0.2) is 20.7 Å². The number of nitrogens with two attached hydrogens (primary N) is 1. The van der Waals surface area contributed by atoms with E-state index in [9.17, 15) is 12.8 Å². The first kappa shape index (κ1) is 13.7. The standard InChI is InChI=1S/C14H14FNO2S/c15-13-5-1-11(2-6-13)12-3-7-14(8-4-12)19(17,18)10-9-16/h1-8H,9-10,16H2. The van der Waals surface area contributed by atoms with Crippen molar-refractivity contribution < 1.29 is 12.8 Å². The smallest absolute Gasteiger partial charge is 0.179 e. The number of sulfone groups is 1. The van der Waals surface area contributed by atoms with Gasteiger partial charge in [-0.2, -0.15) is 0 Å². The molecule has 0 bridgehead atoms. The van der Waals surface area contributed by atoms with Gasteiger partial charge in [-0.25, -0.2) is 12.8 Å². The van der Waals surface area contributed by atoms with E-state index in [0.29, 0.717) is 0 Å². The zero-order valence-electron chi connectivity index (χ0n) is 10.2. The summed E-state index contributed by atoms with van der Waals surface area (Å²) < 4.78 is 36.4. The Morgan fingerprint density at radius 1 is 0.895 bits per heavy atom.